The van der Waals surface area contributed by atoms with E-state index in [4.69, 9.17) is 4.74 Å². The van der Waals surface area contributed by atoms with Crippen molar-refractivity contribution in [2.45, 2.75) is 50.7 Å². The number of ether oxygens (including phenoxy) is 1. The number of likely N-dealkylation sites (tertiary alicyclic amines) is 1. The first-order valence-corrected chi connectivity index (χ1v) is 8.21. The van der Waals surface area contributed by atoms with E-state index in [9.17, 15) is 4.79 Å². The fourth-order valence-corrected chi connectivity index (χ4v) is 4.55. The van der Waals surface area contributed by atoms with Crippen molar-refractivity contribution < 1.29 is 14.4 Å². The second-order valence-electron chi connectivity index (χ2n) is 6.69. The molecule has 1 aliphatic carbocycles. The van der Waals surface area contributed by atoms with E-state index in [2.05, 4.69) is 31.3 Å². The monoisotopic (exact) mass is 288 g/mol. The van der Waals surface area contributed by atoms with Crippen LogP contribution in [0.1, 0.15) is 44.6 Å². The van der Waals surface area contributed by atoms with Crippen molar-refractivity contribution in [1.82, 2.24) is 0 Å². The van der Waals surface area contributed by atoms with Crippen molar-refractivity contribution in [3.8, 4) is 0 Å². The van der Waals surface area contributed by atoms with Crippen LogP contribution in [0.3, 0.4) is 0 Å². The summed E-state index contributed by atoms with van der Waals surface area (Å²) in [6, 6.07) is 11.0. The van der Waals surface area contributed by atoms with Crippen LogP contribution in [-0.4, -0.2) is 25.6 Å². The highest BCUT2D eigenvalue weighted by atomic mass is 16.6. The van der Waals surface area contributed by atoms with Gasteiger partial charge in [-0.25, -0.2) is 0 Å². The maximum Gasteiger partial charge on any atom is 0.303 e. The van der Waals surface area contributed by atoms with E-state index in [1.54, 1.807) is 11.8 Å². The number of hydrogen-bond acceptors (Lipinski definition) is 2. The molecule has 1 saturated carbocycles. The van der Waals surface area contributed by atoms with Crippen LogP contribution < -0.4 is 4.90 Å². The van der Waals surface area contributed by atoms with E-state index < -0.39 is 5.60 Å². The van der Waals surface area contributed by atoms with Crippen LogP contribution in [0, 0.1) is 5.92 Å². The van der Waals surface area contributed by atoms with Gasteiger partial charge in [-0.1, -0.05) is 36.8 Å². The summed E-state index contributed by atoms with van der Waals surface area (Å²) in [5.41, 5.74) is 0.780. The Morgan fingerprint density at radius 2 is 1.95 bits per heavy atom. The zero-order chi connectivity index (χ0) is 14.9. The van der Waals surface area contributed by atoms with E-state index in [1.807, 2.05) is 6.07 Å². The van der Waals surface area contributed by atoms with Gasteiger partial charge in [0.05, 0.1) is 25.6 Å². The van der Waals surface area contributed by atoms with Gasteiger partial charge in [0, 0.05) is 13.3 Å². The number of carbonyl (C=O) groups is 1. The molecule has 1 unspecified atom stereocenters. The first-order chi connectivity index (χ1) is 10.1. The minimum atomic E-state index is -0.405. The Hall–Kier alpha value is -1.35. The minimum absolute atomic E-state index is 0.150. The van der Waals surface area contributed by atoms with Gasteiger partial charge in [-0.3, -0.25) is 4.79 Å². The summed E-state index contributed by atoms with van der Waals surface area (Å²) in [5.74, 6) is 0.300. The second kappa shape index (κ2) is 5.80. The molecule has 2 aliphatic rings. The SMILES string of the molecule is CC(=O)O[C@@]1(c2ccccc2)CC[NH+](C)[C@H]2CCCC[C@@H]21. The third-order valence-electron chi connectivity index (χ3n) is 5.48. The van der Waals surface area contributed by atoms with Gasteiger partial charge in [-0.15, -0.1) is 0 Å². The lowest BCUT2D eigenvalue weighted by Gasteiger charge is -2.50. The first kappa shape index (κ1) is 14.6. The van der Waals surface area contributed by atoms with E-state index in [0.29, 0.717) is 12.0 Å². The van der Waals surface area contributed by atoms with Gasteiger partial charge in [-0.2, -0.15) is 0 Å². The highest BCUT2D eigenvalue weighted by Crippen LogP contribution is 2.45. The summed E-state index contributed by atoms with van der Waals surface area (Å²) >= 11 is 0. The van der Waals surface area contributed by atoms with Gasteiger partial charge in [-0.05, 0) is 24.8 Å². The average Bonchev–Trinajstić information content (AvgIpc) is 2.51. The molecule has 0 aromatic heterocycles. The summed E-state index contributed by atoms with van der Waals surface area (Å²) in [6.07, 6.45) is 5.92. The number of fused-ring (bicyclic) bond motifs is 1. The number of esters is 1. The number of rotatable bonds is 2. The van der Waals surface area contributed by atoms with Crippen molar-refractivity contribution in [3.05, 3.63) is 35.9 Å². The lowest BCUT2D eigenvalue weighted by atomic mass is 9.66. The van der Waals surface area contributed by atoms with E-state index in [1.165, 1.54) is 31.2 Å². The molecule has 0 radical (unpaired) electrons. The Balaban J connectivity index is 2.03. The molecular formula is C18H26NO2+. The number of piperidine rings is 1. The zero-order valence-corrected chi connectivity index (χ0v) is 13.1. The van der Waals surface area contributed by atoms with Crippen molar-refractivity contribution in [3.63, 3.8) is 0 Å². The van der Waals surface area contributed by atoms with Gasteiger partial charge >= 0.3 is 5.97 Å². The predicted molar refractivity (Wildman–Crippen MR) is 82.0 cm³/mol. The molecule has 1 saturated heterocycles. The quantitative estimate of drug-likeness (QED) is 0.843. The van der Waals surface area contributed by atoms with E-state index >= 15 is 0 Å². The summed E-state index contributed by atoms with van der Waals surface area (Å²) < 4.78 is 6.03. The third-order valence-corrected chi connectivity index (χ3v) is 5.48. The number of carbonyl (C=O) groups excluding carboxylic acids is 1. The van der Waals surface area contributed by atoms with Crippen LogP contribution >= 0.6 is 0 Å². The number of hydrogen-bond donors (Lipinski definition) is 1. The Morgan fingerprint density at radius 1 is 1.24 bits per heavy atom. The summed E-state index contributed by atoms with van der Waals surface area (Å²) in [4.78, 5) is 13.4. The molecule has 1 aromatic carbocycles. The number of quaternary nitrogens is 1. The van der Waals surface area contributed by atoms with Crippen molar-refractivity contribution >= 4 is 5.97 Å². The second-order valence-corrected chi connectivity index (χ2v) is 6.69. The topological polar surface area (TPSA) is 30.7 Å². The van der Waals surface area contributed by atoms with Crippen LogP contribution in [0.5, 0.6) is 0 Å². The van der Waals surface area contributed by atoms with Gasteiger partial charge in [0.2, 0.25) is 0 Å². The normalized spacial score (nSPS) is 35.8. The van der Waals surface area contributed by atoms with Crippen LogP contribution in [0.2, 0.25) is 0 Å². The highest BCUT2D eigenvalue weighted by molar-refractivity contribution is 5.67. The lowest BCUT2D eigenvalue weighted by molar-refractivity contribution is -0.921. The number of benzene rings is 1. The molecule has 3 rings (SSSR count). The van der Waals surface area contributed by atoms with E-state index in [-0.39, 0.29) is 5.97 Å². The lowest BCUT2D eigenvalue weighted by Crippen LogP contribution is -3.16. The standard InChI is InChI=1S/C18H25NO2/c1-14(20)21-18(15-8-4-3-5-9-15)12-13-19(2)17-11-7-6-10-16(17)18/h3-5,8-9,16-17H,6-7,10-13H2,1-2H3/p+1/t16-,17-,18+/m0/s1. The van der Waals surface area contributed by atoms with Crippen LogP contribution in [0.4, 0.5) is 0 Å². The van der Waals surface area contributed by atoms with Gasteiger partial charge in [0.1, 0.15) is 0 Å². The fourth-order valence-electron chi connectivity index (χ4n) is 4.55. The van der Waals surface area contributed by atoms with Crippen molar-refractivity contribution in [2.75, 3.05) is 13.6 Å². The molecule has 4 atom stereocenters. The molecule has 3 nitrogen and oxygen atoms in total. The maximum absolute atomic E-state index is 11.8. The Kier molecular flexibility index (Phi) is 4.03. The molecule has 1 aromatic rings. The minimum Gasteiger partial charge on any atom is -0.454 e. The van der Waals surface area contributed by atoms with Gasteiger partial charge in [0.15, 0.2) is 5.60 Å². The smallest absolute Gasteiger partial charge is 0.303 e. The molecule has 0 spiro atoms. The molecule has 0 bridgehead atoms. The maximum atomic E-state index is 11.8. The Bertz CT molecular complexity index is 501. The molecule has 0 amide bonds. The third kappa shape index (κ3) is 2.59. The summed E-state index contributed by atoms with van der Waals surface area (Å²) in [6.45, 7) is 2.62. The fraction of sp³-hybridized carbons (Fsp3) is 0.611. The van der Waals surface area contributed by atoms with Gasteiger partial charge in [0.25, 0.3) is 0 Å². The molecule has 2 fully saturated rings. The molecule has 3 heteroatoms. The van der Waals surface area contributed by atoms with Gasteiger partial charge < -0.3 is 9.64 Å². The molecule has 1 N–H and O–H groups in total. The first-order valence-electron chi connectivity index (χ1n) is 8.21. The Morgan fingerprint density at radius 3 is 2.67 bits per heavy atom. The molecular weight excluding hydrogens is 262 g/mol. The van der Waals surface area contributed by atoms with Crippen molar-refractivity contribution in [1.29, 1.82) is 0 Å². The summed E-state index contributed by atoms with van der Waals surface area (Å²) in [5, 5.41) is 0. The molecule has 114 valence electrons. The van der Waals surface area contributed by atoms with Crippen LogP contribution in [0.15, 0.2) is 30.3 Å². The summed E-state index contributed by atoms with van der Waals surface area (Å²) in [7, 11) is 2.30. The zero-order valence-electron chi connectivity index (χ0n) is 13.1. The largest absolute Gasteiger partial charge is 0.454 e. The Labute approximate surface area is 127 Å². The predicted octanol–water partition coefficient (Wildman–Crippen LogP) is 1.92. The molecule has 21 heavy (non-hydrogen) atoms. The van der Waals surface area contributed by atoms with Crippen molar-refractivity contribution in [2.24, 2.45) is 5.92 Å². The van der Waals surface area contributed by atoms with Crippen LogP contribution in [-0.2, 0) is 15.1 Å². The highest BCUT2D eigenvalue weighted by Gasteiger charge is 2.54. The van der Waals surface area contributed by atoms with E-state index in [0.717, 1.165) is 13.0 Å². The average molecular weight is 288 g/mol. The van der Waals surface area contributed by atoms with Crippen LogP contribution in [0.25, 0.3) is 0 Å². The molecule has 1 aliphatic heterocycles. The number of nitrogens with one attached hydrogen (secondary N) is 1. The molecule has 1 heterocycles.